The lowest BCUT2D eigenvalue weighted by Crippen LogP contribution is -2.39. The number of unbranched alkanes of at least 4 members (excludes halogenated alkanes) is 1. The van der Waals surface area contributed by atoms with Gasteiger partial charge in [-0.1, -0.05) is 6.08 Å². The second kappa shape index (κ2) is 8.33. The van der Waals surface area contributed by atoms with Gasteiger partial charge in [0.05, 0.1) is 12.2 Å². The van der Waals surface area contributed by atoms with Crippen molar-refractivity contribution in [2.75, 3.05) is 20.1 Å². The van der Waals surface area contributed by atoms with E-state index in [0.29, 0.717) is 6.54 Å². The van der Waals surface area contributed by atoms with Crippen molar-refractivity contribution in [1.82, 2.24) is 20.4 Å². The fourth-order valence-electron chi connectivity index (χ4n) is 1.58. The number of rotatable bonds is 7. The molecule has 1 aromatic rings. The van der Waals surface area contributed by atoms with Crippen molar-refractivity contribution in [3.05, 3.63) is 30.6 Å². The number of hydrogen-bond donors (Lipinski definition) is 2. The summed E-state index contributed by atoms with van der Waals surface area (Å²) >= 11 is 0. The van der Waals surface area contributed by atoms with Crippen LogP contribution < -0.4 is 5.32 Å². The Kier molecular flexibility index (Phi) is 6.61. The molecular formula is C13H23N5. The molecule has 0 fully saturated rings. The van der Waals surface area contributed by atoms with Crippen LogP contribution in [0.25, 0.3) is 0 Å². The lowest BCUT2D eigenvalue weighted by molar-refractivity contribution is 0.470. The summed E-state index contributed by atoms with van der Waals surface area (Å²) in [4.78, 5) is 6.71. The summed E-state index contributed by atoms with van der Waals surface area (Å²) in [7, 11) is 2.05. The standard InChI is InChI=1S/C13H23N5/c1-4-6-7-10-18(3)13(14-5-2)15-11-12-8-9-16-17-12/h4,8-9H,1,5-7,10-11H2,2-3H3,(H,14,15)(H,16,17). The highest BCUT2D eigenvalue weighted by Gasteiger charge is 2.04. The van der Waals surface area contributed by atoms with Gasteiger partial charge in [-0.05, 0) is 25.8 Å². The van der Waals surface area contributed by atoms with Gasteiger partial charge >= 0.3 is 0 Å². The molecule has 2 N–H and O–H groups in total. The quantitative estimate of drug-likeness (QED) is 0.335. The number of nitrogens with zero attached hydrogens (tertiary/aromatic N) is 3. The van der Waals surface area contributed by atoms with Crippen molar-refractivity contribution >= 4 is 5.96 Å². The van der Waals surface area contributed by atoms with Crippen molar-refractivity contribution in [2.45, 2.75) is 26.3 Å². The van der Waals surface area contributed by atoms with Gasteiger partial charge in [0.1, 0.15) is 0 Å². The van der Waals surface area contributed by atoms with E-state index >= 15 is 0 Å². The third kappa shape index (κ3) is 5.03. The molecule has 5 heteroatoms. The molecule has 100 valence electrons. The van der Waals surface area contributed by atoms with Gasteiger partial charge in [-0.2, -0.15) is 5.10 Å². The predicted octanol–water partition coefficient (Wildman–Crippen LogP) is 1.77. The molecule has 1 aromatic heterocycles. The SMILES string of the molecule is C=CCCCN(C)C(=NCc1ccn[nH]1)NCC. The summed E-state index contributed by atoms with van der Waals surface area (Å²) in [6, 6.07) is 1.94. The zero-order valence-electron chi connectivity index (χ0n) is 11.3. The minimum absolute atomic E-state index is 0.619. The van der Waals surface area contributed by atoms with Crippen LogP contribution in [0.1, 0.15) is 25.5 Å². The Hall–Kier alpha value is -1.78. The maximum absolute atomic E-state index is 4.57. The molecule has 0 aromatic carbocycles. The van der Waals surface area contributed by atoms with Crippen molar-refractivity contribution in [2.24, 2.45) is 4.99 Å². The van der Waals surface area contributed by atoms with E-state index in [-0.39, 0.29) is 0 Å². The highest BCUT2D eigenvalue weighted by molar-refractivity contribution is 5.79. The highest BCUT2D eigenvalue weighted by atomic mass is 15.3. The number of guanidine groups is 1. The zero-order valence-corrected chi connectivity index (χ0v) is 11.3. The molecule has 0 atom stereocenters. The molecule has 0 aliphatic carbocycles. The van der Waals surface area contributed by atoms with Gasteiger partial charge in [-0.3, -0.25) is 5.10 Å². The fourth-order valence-corrected chi connectivity index (χ4v) is 1.58. The Morgan fingerprint density at radius 1 is 1.67 bits per heavy atom. The van der Waals surface area contributed by atoms with Gasteiger partial charge in [0.2, 0.25) is 0 Å². The Labute approximate surface area is 109 Å². The third-order valence-electron chi connectivity index (χ3n) is 2.56. The van der Waals surface area contributed by atoms with Gasteiger partial charge in [0.25, 0.3) is 0 Å². The monoisotopic (exact) mass is 249 g/mol. The van der Waals surface area contributed by atoms with E-state index in [1.807, 2.05) is 12.1 Å². The third-order valence-corrected chi connectivity index (χ3v) is 2.56. The molecule has 0 aliphatic rings. The molecule has 0 bridgehead atoms. The van der Waals surface area contributed by atoms with Crippen molar-refractivity contribution in [3.8, 4) is 0 Å². The molecule has 0 radical (unpaired) electrons. The van der Waals surface area contributed by atoms with Crippen molar-refractivity contribution in [1.29, 1.82) is 0 Å². The molecule has 5 nitrogen and oxygen atoms in total. The first-order valence-corrected chi connectivity index (χ1v) is 6.36. The summed E-state index contributed by atoms with van der Waals surface area (Å²) < 4.78 is 0. The topological polar surface area (TPSA) is 56.3 Å². The molecule has 0 spiro atoms. The number of nitrogens with one attached hydrogen (secondary N) is 2. The van der Waals surface area contributed by atoms with Crippen LogP contribution >= 0.6 is 0 Å². The number of aromatic amines is 1. The van der Waals surface area contributed by atoms with Crippen LogP contribution in [0.15, 0.2) is 29.9 Å². The molecule has 0 unspecified atom stereocenters. The van der Waals surface area contributed by atoms with Crippen LogP contribution in [0.5, 0.6) is 0 Å². The highest BCUT2D eigenvalue weighted by Crippen LogP contribution is 1.98. The minimum Gasteiger partial charge on any atom is -0.357 e. The van der Waals surface area contributed by atoms with E-state index in [1.54, 1.807) is 6.20 Å². The van der Waals surface area contributed by atoms with E-state index in [9.17, 15) is 0 Å². The maximum Gasteiger partial charge on any atom is 0.194 e. The van der Waals surface area contributed by atoms with Crippen molar-refractivity contribution < 1.29 is 0 Å². The molecule has 0 saturated carbocycles. The van der Waals surface area contributed by atoms with Crippen LogP contribution in [0, 0.1) is 0 Å². The van der Waals surface area contributed by atoms with E-state index in [1.165, 1.54) is 0 Å². The number of hydrogen-bond acceptors (Lipinski definition) is 2. The average molecular weight is 249 g/mol. The first-order valence-electron chi connectivity index (χ1n) is 6.36. The molecule has 0 aliphatic heterocycles. The molecular weight excluding hydrogens is 226 g/mol. The molecule has 1 heterocycles. The second-order valence-electron chi connectivity index (χ2n) is 4.10. The summed E-state index contributed by atoms with van der Waals surface area (Å²) in [6.45, 7) is 8.27. The predicted molar refractivity (Wildman–Crippen MR) is 75.5 cm³/mol. The van der Waals surface area contributed by atoms with Crippen LogP contribution in [-0.2, 0) is 6.54 Å². The van der Waals surface area contributed by atoms with Crippen LogP contribution in [0.4, 0.5) is 0 Å². The summed E-state index contributed by atoms with van der Waals surface area (Å²) in [6.07, 6.45) is 5.81. The maximum atomic E-state index is 4.57. The van der Waals surface area contributed by atoms with Gasteiger partial charge in [-0.15, -0.1) is 6.58 Å². The molecule has 0 saturated heterocycles. The summed E-state index contributed by atoms with van der Waals surface area (Å²) in [5.41, 5.74) is 1.02. The first-order chi connectivity index (χ1) is 8.77. The van der Waals surface area contributed by atoms with Gasteiger partial charge < -0.3 is 10.2 Å². The van der Waals surface area contributed by atoms with Crippen LogP contribution in [0.2, 0.25) is 0 Å². The molecule has 0 amide bonds. The zero-order chi connectivity index (χ0) is 13.2. The average Bonchev–Trinajstić information content (AvgIpc) is 2.87. The largest absolute Gasteiger partial charge is 0.357 e. The van der Waals surface area contributed by atoms with E-state index in [4.69, 9.17) is 0 Å². The Morgan fingerprint density at radius 3 is 3.11 bits per heavy atom. The smallest absolute Gasteiger partial charge is 0.194 e. The lowest BCUT2D eigenvalue weighted by atomic mass is 10.3. The van der Waals surface area contributed by atoms with E-state index in [0.717, 1.165) is 37.6 Å². The normalized spacial score (nSPS) is 11.3. The number of allylic oxidation sites excluding steroid dienone is 1. The number of aliphatic imine (C=N–C) groups is 1. The van der Waals surface area contributed by atoms with Gasteiger partial charge in [0, 0.05) is 26.3 Å². The van der Waals surface area contributed by atoms with E-state index in [2.05, 4.69) is 46.0 Å². The Morgan fingerprint density at radius 2 is 2.50 bits per heavy atom. The first kappa shape index (κ1) is 14.3. The lowest BCUT2D eigenvalue weighted by Gasteiger charge is -2.21. The van der Waals surface area contributed by atoms with Gasteiger partial charge in [0.15, 0.2) is 5.96 Å². The Bertz CT molecular complexity index is 355. The number of H-pyrrole nitrogens is 1. The van der Waals surface area contributed by atoms with Crippen LogP contribution in [0.3, 0.4) is 0 Å². The molecule has 1 rings (SSSR count). The Balaban J connectivity index is 2.51. The summed E-state index contributed by atoms with van der Waals surface area (Å²) in [5.74, 6) is 0.927. The fraction of sp³-hybridized carbons (Fsp3) is 0.538. The van der Waals surface area contributed by atoms with Crippen molar-refractivity contribution in [3.63, 3.8) is 0 Å². The second-order valence-corrected chi connectivity index (χ2v) is 4.10. The van der Waals surface area contributed by atoms with E-state index < -0.39 is 0 Å². The molecule has 18 heavy (non-hydrogen) atoms. The summed E-state index contributed by atoms with van der Waals surface area (Å²) in [5, 5.41) is 10.1. The van der Waals surface area contributed by atoms with Gasteiger partial charge in [-0.25, -0.2) is 4.99 Å². The van der Waals surface area contributed by atoms with Crippen LogP contribution in [-0.4, -0.2) is 41.2 Å². The minimum atomic E-state index is 0.619. The number of aromatic nitrogens is 2.